The summed E-state index contributed by atoms with van der Waals surface area (Å²) in [4.78, 5) is 6.29. The van der Waals surface area contributed by atoms with E-state index in [-0.39, 0.29) is 11.6 Å². The van der Waals surface area contributed by atoms with Crippen molar-refractivity contribution < 1.29 is 4.42 Å². The van der Waals surface area contributed by atoms with Gasteiger partial charge in [-0.15, -0.1) is 0 Å². The lowest BCUT2D eigenvalue weighted by molar-refractivity contribution is 0.439. The van der Waals surface area contributed by atoms with Crippen LogP contribution in [0.4, 0.5) is 11.6 Å². The zero-order valence-corrected chi connectivity index (χ0v) is 14.6. The number of nitrogens with one attached hydrogen (secondary N) is 1. The van der Waals surface area contributed by atoms with Gasteiger partial charge in [-0.25, -0.2) is 10.4 Å². The van der Waals surface area contributed by atoms with Crippen LogP contribution in [0.25, 0.3) is 0 Å². The van der Waals surface area contributed by atoms with Crippen LogP contribution in [0.15, 0.2) is 33.8 Å². The number of anilines is 2. The van der Waals surface area contributed by atoms with Gasteiger partial charge in [-0.1, -0.05) is 26.0 Å². The molecule has 0 bridgehead atoms. The maximum atomic E-state index is 9.19. The fourth-order valence-corrected chi connectivity index (χ4v) is 2.32. The van der Waals surface area contributed by atoms with E-state index in [9.17, 15) is 5.26 Å². The zero-order valence-electron chi connectivity index (χ0n) is 14.6. The van der Waals surface area contributed by atoms with E-state index in [1.807, 2.05) is 49.3 Å². The minimum atomic E-state index is 0.218. The van der Waals surface area contributed by atoms with Gasteiger partial charge < -0.3 is 9.32 Å². The average molecular weight is 325 g/mol. The molecule has 0 unspecified atom stereocenters. The fraction of sp³-hybridized carbons (Fsp3) is 0.389. The van der Waals surface area contributed by atoms with Gasteiger partial charge >= 0.3 is 0 Å². The van der Waals surface area contributed by atoms with Crippen LogP contribution in [0, 0.1) is 11.3 Å². The highest BCUT2D eigenvalue weighted by molar-refractivity contribution is 5.80. The largest absolute Gasteiger partial charge is 0.422 e. The van der Waals surface area contributed by atoms with E-state index in [1.165, 1.54) is 0 Å². The quantitative estimate of drug-likeness (QED) is 0.616. The van der Waals surface area contributed by atoms with Gasteiger partial charge in [0.1, 0.15) is 6.07 Å². The minimum Gasteiger partial charge on any atom is -0.422 e. The maximum absolute atomic E-state index is 9.19. The molecule has 1 heterocycles. The van der Waals surface area contributed by atoms with Crippen molar-refractivity contribution in [1.82, 2.24) is 4.98 Å². The molecule has 0 aliphatic rings. The number of benzene rings is 1. The molecule has 126 valence electrons. The third-order valence-electron chi connectivity index (χ3n) is 3.87. The van der Waals surface area contributed by atoms with Crippen molar-refractivity contribution in [1.29, 1.82) is 5.26 Å². The van der Waals surface area contributed by atoms with Crippen LogP contribution in [-0.2, 0) is 0 Å². The summed E-state index contributed by atoms with van der Waals surface area (Å²) in [6.07, 6.45) is 3.52. The van der Waals surface area contributed by atoms with Crippen LogP contribution in [0.5, 0.6) is 0 Å². The molecule has 2 rings (SSSR count). The van der Waals surface area contributed by atoms with Crippen molar-refractivity contribution in [2.75, 3.05) is 24.4 Å². The fourth-order valence-electron chi connectivity index (χ4n) is 2.32. The SMILES string of the molecule is CCC(CC)c1nc(C#N)c(N/N=C/c2ccc(N(C)C)cc2)o1. The predicted molar refractivity (Wildman–Crippen MR) is 96.5 cm³/mol. The number of aromatic nitrogens is 1. The van der Waals surface area contributed by atoms with Crippen molar-refractivity contribution in [3.8, 4) is 6.07 Å². The third-order valence-corrected chi connectivity index (χ3v) is 3.87. The van der Waals surface area contributed by atoms with E-state index >= 15 is 0 Å². The Labute approximate surface area is 142 Å². The summed E-state index contributed by atoms with van der Waals surface area (Å²) in [6.45, 7) is 4.15. The Morgan fingerprint density at radius 1 is 1.29 bits per heavy atom. The highest BCUT2D eigenvalue weighted by Gasteiger charge is 2.18. The Hall–Kier alpha value is -2.81. The molecular formula is C18H23N5O. The van der Waals surface area contributed by atoms with Gasteiger partial charge in [0, 0.05) is 25.7 Å². The lowest BCUT2D eigenvalue weighted by Gasteiger charge is -2.11. The molecule has 1 aromatic heterocycles. The van der Waals surface area contributed by atoms with Gasteiger partial charge in [-0.2, -0.15) is 10.4 Å². The standard InChI is InChI=1S/C18H23N5O/c1-5-14(6-2)17-21-16(11-19)18(24-17)22-20-12-13-7-9-15(10-8-13)23(3)4/h7-10,12,14,22H,5-6H2,1-4H3/b20-12+. The summed E-state index contributed by atoms with van der Waals surface area (Å²) in [6, 6.07) is 10.0. The molecule has 0 saturated heterocycles. The molecule has 0 fully saturated rings. The Morgan fingerprint density at radius 3 is 2.50 bits per heavy atom. The second-order valence-corrected chi connectivity index (χ2v) is 5.71. The smallest absolute Gasteiger partial charge is 0.252 e. The van der Waals surface area contributed by atoms with E-state index in [0.29, 0.717) is 11.8 Å². The van der Waals surface area contributed by atoms with Crippen LogP contribution in [0.2, 0.25) is 0 Å². The molecule has 0 radical (unpaired) electrons. The van der Waals surface area contributed by atoms with Crippen LogP contribution in [0.3, 0.4) is 0 Å². The summed E-state index contributed by atoms with van der Waals surface area (Å²) < 4.78 is 5.67. The first-order valence-corrected chi connectivity index (χ1v) is 8.06. The number of rotatable bonds is 7. The number of oxazole rings is 1. The van der Waals surface area contributed by atoms with E-state index in [1.54, 1.807) is 6.21 Å². The van der Waals surface area contributed by atoms with Gasteiger partial charge in [-0.3, -0.25) is 0 Å². The summed E-state index contributed by atoms with van der Waals surface area (Å²) >= 11 is 0. The first kappa shape index (κ1) is 17.5. The number of hydrogen-bond donors (Lipinski definition) is 1. The second-order valence-electron chi connectivity index (χ2n) is 5.71. The molecule has 0 atom stereocenters. The molecule has 1 N–H and O–H groups in total. The minimum absolute atomic E-state index is 0.218. The molecule has 24 heavy (non-hydrogen) atoms. The lowest BCUT2D eigenvalue weighted by atomic mass is 10.0. The van der Waals surface area contributed by atoms with Crippen molar-refractivity contribution in [3.05, 3.63) is 41.4 Å². The average Bonchev–Trinajstić information content (AvgIpc) is 2.99. The van der Waals surface area contributed by atoms with Crippen LogP contribution >= 0.6 is 0 Å². The van der Waals surface area contributed by atoms with Gasteiger partial charge in [-0.05, 0) is 30.5 Å². The van der Waals surface area contributed by atoms with Gasteiger partial charge in [0.15, 0.2) is 0 Å². The molecule has 1 aromatic carbocycles. The lowest BCUT2D eigenvalue weighted by Crippen LogP contribution is -2.08. The topological polar surface area (TPSA) is 77.5 Å². The van der Waals surface area contributed by atoms with Crippen molar-refractivity contribution in [2.45, 2.75) is 32.6 Å². The van der Waals surface area contributed by atoms with E-state index in [4.69, 9.17) is 4.42 Å². The number of nitriles is 1. The summed E-state index contributed by atoms with van der Waals surface area (Å²) in [5, 5.41) is 13.3. The molecule has 0 saturated carbocycles. The normalized spacial score (nSPS) is 11.0. The Balaban J connectivity index is 2.09. The molecule has 6 heteroatoms. The molecule has 0 aliphatic carbocycles. The first-order chi connectivity index (χ1) is 11.6. The second kappa shape index (κ2) is 8.16. The molecular weight excluding hydrogens is 302 g/mol. The Kier molecular flexibility index (Phi) is 5.96. The van der Waals surface area contributed by atoms with Crippen LogP contribution < -0.4 is 10.3 Å². The third kappa shape index (κ3) is 4.13. The van der Waals surface area contributed by atoms with Gasteiger partial charge in [0.05, 0.1) is 6.21 Å². The molecule has 0 amide bonds. The maximum Gasteiger partial charge on any atom is 0.252 e. The first-order valence-electron chi connectivity index (χ1n) is 8.06. The highest BCUT2D eigenvalue weighted by atomic mass is 16.4. The molecule has 6 nitrogen and oxygen atoms in total. The monoisotopic (exact) mass is 325 g/mol. The number of nitrogens with zero attached hydrogens (tertiary/aromatic N) is 4. The number of hydrogen-bond acceptors (Lipinski definition) is 6. The van der Waals surface area contributed by atoms with Crippen LogP contribution in [-0.4, -0.2) is 25.3 Å². The van der Waals surface area contributed by atoms with E-state index < -0.39 is 0 Å². The van der Waals surface area contributed by atoms with E-state index in [0.717, 1.165) is 24.1 Å². The Bertz CT molecular complexity index is 721. The summed E-state index contributed by atoms with van der Waals surface area (Å²) in [5.41, 5.74) is 5.09. The highest BCUT2D eigenvalue weighted by Crippen LogP contribution is 2.27. The van der Waals surface area contributed by atoms with Crippen molar-refractivity contribution in [3.63, 3.8) is 0 Å². The molecule has 2 aromatic rings. The van der Waals surface area contributed by atoms with Crippen LogP contribution in [0.1, 0.15) is 49.8 Å². The van der Waals surface area contributed by atoms with Crippen molar-refractivity contribution >= 4 is 17.8 Å². The number of hydrazone groups is 1. The predicted octanol–water partition coefficient (Wildman–Crippen LogP) is 3.96. The Morgan fingerprint density at radius 2 is 1.96 bits per heavy atom. The van der Waals surface area contributed by atoms with Crippen molar-refractivity contribution in [2.24, 2.45) is 5.10 Å². The summed E-state index contributed by atoms with van der Waals surface area (Å²) in [7, 11) is 3.99. The van der Waals surface area contributed by atoms with E-state index in [2.05, 4.69) is 29.4 Å². The zero-order chi connectivity index (χ0) is 17.5. The van der Waals surface area contributed by atoms with Gasteiger partial charge in [0.2, 0.25) is 11.6 Å². The summed E-state index contributed by atoms with van der Waals surface area (Å²) in [5.74, 6) is 1.10. The molecule has 0 spiro atoms. The molecule has 0 aliphatic heterocycles. The van der Waals surface area contributed by atoms with Gasteiger partial charge in [0.25, 0.3) is 5.88 Å².